The smallest absolute Gasteiger partial charge is 0.275 e. The van der Waals surface area contributed by atoms with Gasteiger partial charge in [0.25, 0.3) is 11.4 Å². The van der Waals surface area contributed by atoms with E-state index < -0.39 is 22.1 Å². The van der Waals surface area contributed by atoms with Gasteiger partial charge in [-0.05, 0) is 36.4 Å². The molecule has 0 saturated carbocycles. The molecule has 2 aliphatic rings. The van der Waals surface area contributed by atoms with Crippen molar-refractivity contribution < 1.29 is 24.2 Å². The zero-order valence-electron chi connectivity index (χ0n) is 28.2. The van der Waals surface area contributed by atoms with Crippen LogP contribution in [0.2, 0.25) is 0 Å². The standard InChI is InChI=1S/C38H40N6O7/c45-37(41-23-19-39(20-24-41)29-11-3-1-4-12-29)27-35(31-15-7-9-17-33(31)43(47)48)51-36(32-16-8-10-18-34(32)44(49)50)28-38(46)42-25-21-40(22-26-42)30-13-5-2-6-14-30/h1-18,35-36H,19-28H2. The fraction of sp³-hybridized carbons (Fsp3) is 0.316. The zero-order valence-corrected chi connectivity index (χ0v) is 28.2. The Morgan fingerprint density at radius 3 is 1.22 bits per heavy atom. The van der Waals surface area contributed by atoms with Gasteiger partial charge in [-0.3, -0.25) is 29.8 Å². The summed E-state index contributed by atoms with van der Waals surface area (Å²) in [7, 11) is 0. The van der Waals surface area contributed by atoms with Crippen molar-refractivity contribution in [2.45, 2.75) is 25.0 Å². The number of carbonyl (C=O) groups is 2. The third-order valence-corrected chi connectivity index (χ3v) is 9.52. The van der Waals surface area contributed by atoms with E-state index in [1.54, 1.807) is 21.9 Å². The number of nitro groups is 2. The van der Waals surface area contributed by atoms with Gasteiger partial charge in [0.1, 0.15) is 0 Å². The van der Waals surface area contributed by atoms with Crippen LogP contribution in [-0.4, -0.2) is 83.8 Å². The molecule has 6 rings (SSSR count). The highest BCUT2D eigenvalue weighted by molar-refractivity contribution is 5.78. The van der Waals surface area contributed by atoms with Crippen LogP contribution in [0.1, 0.15) is 36.2 Å². The van der Waals surface area contributed by atoms with E-state index in [4.69, 9.17) is 4.74 Å². The molecule has 51 heavy (non-hydrogen) atoms. The van der Waals surface area contributed by atoms with Crippen LogP contribution in [0, 0.1) is 20.2 Å². The topological polar surface area (TPSA) is 143 Å². The molecule has 4 aromatic carbocycles. The Morgan fingerprint density at radius 1 is 0.529 bits per heavy atom. The van der Waals surface area contributed by atoms with Gasteiger partial charge < -0.3 is 24.3 Å². The minimum Gasteiger partial charge on any atom is -0.368 e. The van der Waals surface area contributed by atoms with Crippen LogP contribution in [0.5, 0.6) is 0 Å². The lowest BCUT2D eigenvalue weighted by atomic mass is 10.00. The van der Waals surface area contributed by atoms with Crippen LogP contribution in [0.4, 0.5) is 22.7 Å². The monoisotopic (exact) mass is 692 g/mol. The maximum atomic E-state index is 13.9. The summed E-state index contributed by atoms with van der Waals surface area (Å²) in [5.41, 5.74) is 1.95. The number of carbonyl (C=O) groups excluding carboxylic acids is 2. The number of nitrogens with zero attached hydrogens (tertiary/aromatic N) is 6. The SMILES string of the molecule is O=C(CC(OC(CC(=O)N1CCN(c2ccccc2)CC1)c1ccccc1[N+](=O)[O-])c1ccccc1[N+](=O)[O-])N1CCN(c2ccccc2)CC1. The number of anilines is 2. The number of hydrogen-bond donors (Lipinski definition) is 0. The summed E-state index contributed by atoms with van der Waals surface area (Å²) in [4.78, 5) is 58.9. The molecule has 13 nitrogen and oxygen atoms in total. The minimum atomic E-state index is -1.17. The van der Waals surface area contributed by atoms with E-state index in [9.17, 15) is 29.8 Å². The van der Waals surface area contributed by atoms with E-state index >= 15 is 0 Å². The largest absolute Gasteiger partial charge is 0.368 e. The van der Waals surface area contributed by atoms with Crippen LogP contribution in [0.15, 0.2) is 109 Å². The van der Waals surface area contributed by atoms with Gasteiger partial charge in [-0.25, -0.2) is 0 Å². The van der Waals surface area contributed by atoms with Crippen LogP contribution in [0.3, 0.4) is 0 Å². The number of benzene rings is 4. The Morgan fingerprint density at radius 2 is 0.863 bits per heavy atom. The van der Waals surface area contributed by atoms with Crippen LogP contribution >= 0.6 is 0 Å². The first-order valence-corrected chi connectivity index (χ1v) is 17.1. The van der Waals surface area contributed by atoms with E-state index in [1.165, 1.54) is 36.4 Å². The van der Waals surface area contributed by atoms with E-state index in [1.807, 2.05) is 60.7 Å². The number of rotatable bonds is 12. The summed E-state index contributed by atoms with van der Waals surface area (Å²) in [5, 5.41) is 24.4. The molecule has 2 heterocycles. The molecule has 0 spiro atoms. The summed E-state index contributed by atoms with van der Waals surface area (Å²) >= 11 is 0. The highest BCUT2D eigenvalue weighted by atomic mass is 16.6. The van der Waals surface area contributed by atoms with Crippen molar-refractivity contribution in [1.82, 2.24) is 9.80 Å². The molecule has 2 aliphatic heterocycles. The average Bonchev–Trinajstić information content (AvgIpc) is 3.18. The van der Waals surface area contributed by atoms with Gasteiger partial charge >= 0.3 is 0 Å². The average molecular weight is 693 g/mol. The number of nitro benzene ring substituents is 2. The van der Waals surface area contributed by atoms with Gasteiger partial charge in [0.15, 0.2) is 0 Å². The van der Waals surface area contributed by atoms with Gasteiger partial charge in [-0.15, -0.1) is 0 Å². The fourth-order valence-electron chi connectivity index (χ4n) is 6.79. The van der Waals surface area contributed by atoms with E-state index in [2.05, 4.69) is 9.80 Å². The number of ether oxygens (including phenoxy) is 1. The van der Waals surface area contributed by atoms with Crippen molar-refractivity contribution in [3.63, 3.8) is 0 Å². The quantitative estimate of drug-likeness (QED) is 0.133. The molecule has 2 unspecified atom stereocenters. The lowest BCUT2D eigenvalue weighted by Gasteiger charge is -2.37. The Labute approximate surface area is 295 Å². The Kier molecular flexibility index (Phi) is 11.2. The molecule has 13 heteroatoms. The summed E-state index contributed by atoms with van der Waals surface area (Å²) in [6, 6.07) is 31.9. The van der Waals surface area contributed by atoms with Crippen LogP contribution in [0.25, 0.3) is 0 Å². The maximum absolute atomic E-state index is 13.9. The second-order valence-electron chi connectivity index (χ2n) is 12.6. The Balaban J connectivity index is 1.25. The van der Waals surface area contributed by atoms with Crippen molar-refractivity contribution in [1.29, 1.82) is 0 Å². The molecule has 2 fully saturated rings. The summed E-state index contributed by atoms with van der Waals surface area (Å²) in [6.45, 7) is 4.21. The second-order valence-corrected chi connectivity index (χ2v) is 12.6. The first-order valence-electron chi connectivity index (χ1n) is 17.1. The number of amides is 2. The molecule has 264 valence electrons. The van der Waals surface area contributed by atoms with Crippen LogP contribution in [-0.2, 0) is 14.3 Å². The first-order chi connectivity index (χ1) is 24.8. The Bertz CT molecular complexity index is 1690. The summed E-state index contributed by atoms with van der Waals surface area (Å²) in [6.07, 6.45) is -2.84. The normalized spacial score (nSPS) is 16.0. The van der Waals surface area contributed by atoms with Gasteiger partial charge in [-0.1, -0.05) is 60.7 Å². The fourth-order valence-corrected chi connectivity index (χ4v) is 6.79. The van der Waals surface area contributed by atoms with Crippen LogP contribution < -0.4 is 9.80 Å². The minimum absolute atomic E-state index is 0.159. The summed E-state index contributed by atoms with van der Waals surface area (Å²) in [5.74, 6) is -0.536. The van der Waals surface area contributed by atoms with Gasteiger partial charge in [-0.2, -0.15) is 0 Å². The molecule has 2 atom stereocenters. The molecule has 0 aliphatic carbocycles. The van der Waals surface area contributed by atoms with Crippen molar-refractivity contribution in [2.75, 3.05) is 62.2 Å². The van der Waals surface area contributed by atoms with Crippen molar-refractivity contribution >= 4 is 34.6 Å². The second kappa shape index (κ2) is 16.3. The number of piperazine rings is 2. The molecule has 0 radical (unpaired) electrons. The molecular weight excluding hydrogens is 652 g/mol. The lowest BCUT2D eigenvalue weighted by Crippen LogP contribution is -2.49. The highest BCUT2D eigenvalue weighted by Gasteiger charge is 2.35. The number of para-hydroxylation sites is 4. The molecule has 2 amide bonds. The molecule has 0 N–H and O–H groups in total. The molecule has 0 aromatic heterocycles. The molecule has 4 aromatic rings. The third kappa shape index (κ3) is 8.50. The van der Waals surface area contributed by atoms with E-state index in [0.717, 1.165) is 11.4 Å². The predicted molar refractivity (Wildman–Crippen MR) is 192 cm³/mol. The van der Waals surface area contributed by atoms with Gasteiger partial charge in [0.05, 0.1) is 46.0 Å². The predicted octanol–water partition coefficient (Wildman–Crippen LogP) is 5.78. The summed E-state index contributed by atoms with van der Waals surface area (Å²) < 4.78 is 6.58. The zero-order chi connectivity index (χ0) is 35.7. The third-order valence-electron chi connectivity index (χ3n) is 9.52. The first kappa shape index (κ1) is 35.0. The number of hydrogen-bond acceptors (Lipinski definition) is 9. The van der Waals surface area contributed by atoms with Gasteiger partial charge in [0, 0.05) is 75.9 Å². The van der Waals surface area contributed by atoms with E-state index in [-0.39, 0.29) is 47.2 Å². The molecule has 0 bridgehead atoms. The lowest BCUT2D eigenvalue weighted by molar-refractivity contribution is -0.386. The molecule has 2 saturated heterocycles. The highest BCUT2D eigenvalue weighted by Crippen LogP contribution is 2.39. The Hall–Kier alpha value is -5.82. The van der Waals surface area contributed by atoms with Crippen molar-refractivity contribution in [2.24, 2.45) is 0 Å². The van der Waals surface area contributed by atoms with Crippen molar-refractivity contribution in [3.8, 4) is 0 Å². The van der Waals surface area contributed by atoms with Gasteiger partial charge in [0.2, 0.25) is 11.8 Å². The van der Waals surface area contributed by atoms with E-state index in [0.29, 0.717) is 52.4 Å². The van der Waals surface area contributed by atoms with Crippen molar-refractivity contribution in [3.05, 3.63) is 141 Å². The maximum Gasteiger partial charge on any atom is 0.275 e. The molecular formula is C38H40N6O7.